The predicted octanol–water partition coefficient (Wildman–Crippen LogP) is 3.57. The number of piperidine rings is 1. The molecule has 0 amide bonds. The topological polar surface area (TPSA) is 29.3 Å². The summed E-state index contributed by atoms with van der Waals surface area (Å²) in [6.07, 6.45) is 3.98. The Morgan fingerprint density at radius 1 is 1.16 bits per heavy atom. The fourth-order valence-electron chi connectivity index (χ4n) is 3.16. The van der Waals surface area contributed by atoms with Gasteiger partial charge in [-0.2, -0.15) is 0 Å². The number of hydrogen-bond donors (Lipinski definition) is 1. The third-order valence-corrected chi connectivity index (χ3v) is 4.74. The van der Waals surface area contributed by atoms with Crippen molar-refractivity contribution in [3.63, 3.8) is 0 Å². The largest absolute Gasteiger partial charge is 0.323 e. The number of nitrogens with two attached hydrogens (primary N) is 1. The molecule has 1 fully saturated rings. The normalized spacial score (nSPS) is 26.4. The second-order valence-corrected chi connectivity index (χ2v) is 6.28. The van der Waals surface area contributed by atoms with Crippen molar-refractivity contribution >= 4 is 0 Å². The van der Waals surface area contributed by atoms with Gasteiger partial charge in [-0.3, -0.25) is 4.90 Å². The molecule has 2 nitrogen and oxygen atoms in total. The van der Waals surface area contributed by atoms with Gasteiger partial charge in [0.05, 0.1) is 0 Å². The van der Waals surface area contributed by atoms with E-state index in [0.717, 1.165) is 6.54 Å². The number of nitrogens with zero attached hydrogens (tertiary/aromatic N) is 1. The van der Waals surface area contributed by atoms with Gasteiger partial charge in [0.15, 0.2) is 0 Å². The summed E-state index contributed by atoms with van der Waals surface area (Å²) in [5.74, 6) is 0. The average molecular weight is 260 g/mol. The van der Waals surface area contributed by atoms with E-state index in [2.05, 4.69) is 50.8 Å². The molecular formula is C17H28N2. The summed E-state index contributed by atoms with van der Waals surface area (Å²) in [5, 5.41) is 0. The van der Waals surface area contributed by atoms with E-state index in [9.17, 15) is 0 Å². The molecule has 2 heteroatoms. The van der Waals surface area contributed by atoms with Crippen molar-refractivity contribution in [3.05, 3.63) is 34.9 Å². The van der Waals surface area contributed by atoms with Gasteiger partial charge in [0.1, 0.15) is 0 Å². The maximum Gasteiger partial charge on any atom is 0.0424 e. The van der Waals surface area contributed by atoms with E-state index in [-0.39, 0.29) is 6.04 Å². The van der Waals surface area contributed by atoms with E-state index in [0.29, 0.717) is 12.1 Å². The first-order valence-corrected chi connectivity index (χ1v) is 7.57. The Bertz CT molecular complexity index is 417. The second-order valence-electron chi connectivity index (χ2n) is 6.28. The van der Waals surface area contributed by atoms with Crippen molar-refractivity contribution in [2.24, 2.45) is 5.73 Å². The van der Waals surface area contributed by atoms with Crippen LogP contribution in [-0.2, 0) is 0 Å². The maximum absolute atomic E-state index is 6.43. The van der Waals surface area contributed by atoms with Gasteiger partial charge in [-0.15, -0.1) is 0 Å². The Kier molecular flexibility index (Phi) is 4.64. The van der Waals surface area contributed by atoms with Crippen molar-refractivity contribution < 1.29 is 0 Å². The molecule has 1 aliphatic heterocycles. The lowest BCUT2D eigenvalue weighted by atomic mass is 9.95. The average Bonchev–Trinajstić information content (AvgIpc) is 2.37. The standard InChI is InChI=1S/C17H28N2/c1-12-8-9-16(10-13(12)2)17(18)11-19-14(3)6-5-7-15(19)4/h8-10,14-15,17H,5-7,11,18H2,1-4H3. The van der Waals surface area contributed by atoms with E-state index in [1.165, 1.54) is 36.0 Å². The van der Waals surface area contributed by atoms with Crippen LogP contribution in [0.1, 0.15) is 55.8 Å². The van der Waals surface area contributed by atoms with Crippen LogP contribution in [0.25, 0.3) is 0 Å². The predicted molar refractivity (Wildman–Crippen MR) is 82.3 cm³/mol. The molecule has 3 unspecified atom stereocenters. The number of benzene rings is 1. The van der Waals surface area contributed by atoms with E-state index in [1.807, 2.05) is 0 Å². The van der Waals surface area contributed by atoms with Crippen molar-refractivity contribution in [1.29, 1.82) is 0 Å². The van der Waals surface area contributed by atoms with Crippen LogP contribution in [0.2, 0.25) is 0 Å². The van der Waals surface area contributed by atoms with Crippen LogP contribution in [0.3, 0.4) is 0 Å². The van der Waals surface area contributed by atoms with E-state index >= 15 is 0 Å². The molecule has 0 aliphatic carbocycles. The highest BCUT2D eigenvalue weighted by Gasteiger charge is 2.26. The summed E-state index contributed by atoms with van der Waals surface area (Å²) in [6, 6.07) is 8.09. The molecule has 1 aliphatic rings. The molecule has 106 valence electrons. The van der Waals surface area contributed by atoms with Crippen LogP contribution < -0.4 is 5.73 Å². The maximum atomic E-state index is 6.43. The van der Waals surface area contributed by atoms with Gasteiger partial charge in [-0.05, 0) is 57.2 Å². The molecule has 19 heavy (non-hydrogen) atoms. The van der Waals surface area contributed by atoms with Crippen LogP contribution in [0.15, 0.2) is 18.2 Å². The lowest BCUT2D eigenvalue weighted by Crippen LogP contribution is -2.46. The Labute approximate surface area is 118 Å². The Morgan fingerprint density at radius 2 is 1.79 bits per heavy atom. The monoisotopic (exact) mass is 260 g/mol. The Morgan fingerprint density at radius 3 is 2.37 bits per heavy atom. The summed E-state index contributed by atoms with van der Waals surface area (Å²) in [6.45, 7) is 9.97. The molecule has 1 heterocycles. The van der Waals surface area contributed by atoms with Gasteiger partial charge < -0.3 is 5.73 Å². The minimum atomic E-state index is 0.127. The third-order valence-electron chi connectivity index (χ3n) is 4.74. The molecule has 0 aromatic heterocycles. The third kappa shape index (κ3) is 3.37. The van der Waals surface area contributed by atoms with E-state index < -0.39 is 0 Å². The van der Waals surface area contributed by atoms with Gasteiger partial charge in [0, 0.05) is 24.7 Å². The molecule has 1 aromatic rings. The zero-order chi connectivity index (χ0) is 14.0. The van der Waals surface area contributed by atoms with Gasteiger partial charge in [-0.25, -0.2) is 0 Å². The summed E-state index contributed by atoms with van der Waals surface area (Å²) >= 11 is 0. The van der Waals surface area contributed by atoms with Gasteiger partial charge in [0.2, 0.25) is 0 Å². The SMILES string of the molecule is Cc1ccc(C(N)CN2C(C)CCCC2C)cc1C. The first kappa shape index (κ1) is 14.5. The number of hydrogen-bond acceptors (Lipinski definition) is 2. The van der Waals surface area contributed by atoms with Crippen LogP contribution in [0.5, 0.6) is 0 Å². The molecule has 3 atom stereocenters. The van der Waals surface area contributed by atoms with E-state index in [4.69, 9.17) is 5.73 Å². The lowest BCUT2D eigenvalue weighted by molar-refractivity contribution is 0.0961. The van der Waals surface area contributed by atoms with Crippen molar-refractivity contribution in [1.82, 2.24) is 4.90 Å². The molecule has 0 spiro atoms. The number of likely N-dealkylation sites (tertiary alicyclic amines) is 1. The second kappa shape index (κ2) is 6.06. The summed E-state index contributed by atoms with van der Waals surface area (Å²) in [5.41, 5.74) is 10.4. The smallest absolute Gasteiger partial charge is 0.0424 e. The first-order valence-electron chi connectivity index (χ1n) is 7.57. The Hall–Kier alpha value is -0.860. The van der Waals surface area contributed by atoms with Crippen molar-refractivity contribution in [3.8, 4) is 0 Å². The zero-order valence-electron chi connectivity index (χ0n) is 12.8. The molecule has 1 aromatic carbocycles. The van der Waals surface area contributed by atoms with Crippen LogP contribution in [-0.4, -0.2) is 23.5 Å². The molecule has 2 rings (SSSR count). The fraction of sp³-hybridized carbons (Fsp3) is 0.647. The quantitative estimate of drug-likeness (QED) is 0.900. The molecule has 0 saturated carbocycles. The summed E-state index contributed by atoms with van der Waals surface area (Å²) in [4.78, 5) is 2.59. The molecule has 1 saturated heterocycles. The van der Waals surface area contributed by atoms with Crippen molar-refractivity contribution in [2.75, 3.05) is 6.54 Å². The zero-order valence-corrected chi connectivity index (χ0v) is 12.8. The lowest BCUT2D eigenvalue weighted by Gasteiger charge is -2.40. The van der Waals surface area contributed by atoms with Gasteiger partial charge in [-0.1, -0.05) is 24.6 Å². The highest BCUT2D eigenvalue weighted by atomic mass is 15.2. The molecular weight excluding hydrogens is 232 g/mol. The summed E-state index contributed by atoms with van der Waals surface area (Å²) < 4.78 is 0. The van der Waals surface area contributed by atoms with Crippen LogP contribution in [0, 0.1) is 13.8 Å². The molecule has 2 N–H and O–H groups in total. The minimum Gasteiger partial charge on any atom is -0.323 e. The fourth-order valence-corrected chi connectivity index (χ4v) is 3.16. The van der Waals surface area contributed by atoms with E-state index in [1.54, 1.807) is 0 Å². The van der Waals surface area contributed by atoms with Gasteiger partial charge >= 0.3 is 0 Å². The highest BCUT2D eigenvalue weighted by Crippen LogP contribution is 2.25. The number of rotatable bonds is 3. The van der Waals surface area contributed by atoms with Gasteiger partial charge in [0.25, 0.3) is 0 Å². The Balaban J connectivity index is 2.07. The first-order chi connectivity index (χ1) is 8.99. The van der Waals surface area contributed by atoms with Crippen LogP contribution in [0.4, 0.5) is 0 Å². The molecule has 0 bridgehead atoms. The molecule has 0 radical (unpaired) electrons. The minimum absolute atomic E-state index is 0.127. The highest BCUT2D eigenvalue weighted by molar-refractivity contribution is 5.31. The number of aryl methyl sites for hydroxylation is 2. The van der Waals surface area contributed by atoms with Crippen LogP contribution >= 0.6 is 0 Å². The van der Waals surface area contributed by atoms with Crippen molar-refractivity contribution in [2.45, 2.75) is 65.1 Å². The summed E-state index contributed by atoms with van der Waals surface area (Å²) in [7, 11) is 0.